The standard InChI is InChI=1S/C6H10O4/c1-4(3-7)5(8)2-6(9)10/h5,7-8H,1-3H2,(H,9,10). The molecule has 1 unspecified atom stereocenters. The Labute approximate surface area is 58.4 Å². The highest BCUT2D eigenvalue weighted by atomic mass is 16.4. The molecule has 0 saturated carbocycles. The fourth-order valence-corrected chi connectivity index (χ4v) is 0.415. The van der Waals surface area contributed by atoms with E-state index in [4.69, 9.17) is 15.3 Å². The number of hydrogen-bond acceptors (Lipinski definition) is 3. The fraction of sp³-hybridized carbons (Fsp3) is 0.500. The normalized spacial score (nSPS) is 12.6. The van der Waals surface area contributed by atoms with Crippen molar-refractivity contribution in [3.8, 4) is 0 Å². The van der Waals surface area contributed by atoms with Crippen LogP contribution >= 0.6 is 0 Å². The number of carbonyl (C=O) groups is 1. The van der Waals surface area contributed by atoms with Gasteiger partial charge in [0.15, 0.2) is 0 Å². The first kappa shape index (κ1) is 9.13. The molecule has 10 heavy (non-hydrogen) atoms. The molecule has 0 aromatic heterocycles. The van der Waals surface area contributed by atoms with Crippen LogP contribution < -0.4 is 0 Å². The number of aliphatic carboxylic acids is 1. The van der Waals surface area contributed by atoms with Crippen LogP contribution in [0.3, 0.4) is 0 Å². The molecule has 4 heteroatoms. The van der Waals surface area contributed by atoms with Crippen LogP contribution in [0.2, 0.25) is 0 Å². The van der Waals surface area contributed by atoms with Crippen molar-refractivity contribution in [1.29, 1.82) is 0 Å². The van der Waals surface area contributed by atoms with Crippen molar-refractivity contribution in [3.05, 3.63) is 12.2 Å². The van der Waals surface area contributed by atoms with E-state index in [1.807, 2.05) is 0 Å². The number of carboxylic acid groups (broad SMARTS) is 1. The van der Waals surface area contributed by atoms with Gasteiger partial charge in [-0.05, 0) is 5.57 Å². The van der Waals surface area contributed by atoms with Crippen LogP contribution in [0, 0.1) is 0 Å². The first-order valence-electron chi connectivity index (χ1n) is 2.76. The van der Waals surface area contributed by atoms with Crippen LogP contribution in [-0.4, -0.2) is 34.0 Å². The Hall–Kier alpha value is -0.870. The summed E-state index contributed by atoms with van der Waals surface area (Å²) in [5.41, 5.74) is 0.127. The van der Waals surface area contributed by atoms with Gasteiger partial charge < -0.3 is 15.3 Å². The number of aliphatic hydroxyl groups is 2. The molecule has 0 saturated heterocycles. The lowest BCUT2D eigenvalue weighted by atomic mass is 10.1. The van der Waals surface area contributed by atoms with Crippen molar-refractivity contribution in [3.63, 3.8) is 0 Å². The Morgan fingerprint density at radius 1 is 1.60 bits per heavy atom. The van der Waals surface area contributed by atoms with Gasteiger partial charge in [0.05, 0.1) is 19.1 Å². The van der Waals surface area contributed by atoms with E-state index in [9.17, 15) is 4.79 Å². The van der Waals surface area contributed by atoms with Crippen molar-refractivity contribution in [2.75, 3.05) is 6.61 Å². The number of hydrogen-bond donors (Lipinski definition) is 3. The first-order chi connectivity index (χ1) is 4.57. The molecule has 0 amide bonds. The summed E-state index contributed by atoms with van der Waals surface area (Å²) in [4.78, 5) is 9.95. The molecule has 4 nitrogen and oxygen atoms in total. The summed E-state index contributed by atoms with van der Waals surface area (Å²) in [5.74, 6) is -1.11. The number of aliphatic hydroxyl groups excluding tert-OH is 2. The third-order valence-corrected chi connectivity index (χ3v) is 1.04. The lowest BCUT2D eigenvalue weighted by Gasteiger charge is -2.07. The highest BCUT2D eigenvalue weighted by Gasteiger charge is 2.11. The molecule has 0 rings (SSSR count). The third kappa shape index (κ3) is 3.21. The molecular formula is C6H10O4. The smallest absolute Gasteiger partial charge is 0.306 e. The molecule has 0 aliphatic rings. The van der Waals surface area contributed by atoms with E-state index in [-0.39, 0.29) is 12.2 Å². The van der Waals surface area contributed by atoms with Crippen LogP contribution in [0.1, 0.15) is 6.42 Å². The Morgan fingerprint density at radius 2 is 2.10 bits per heavy atom. The van der Waals surface area contributed by atoms with Gasteiger partial charge in [-0.15, -0.1) is 0 Å². The van der Waals surface area contributed by atoms with Crippen molar-refractivity contribution in [2.24, 2.45) is 0 Å². The maximum absolute atomic E-state index is 9.95. The summed E-state index contributed by atoms with van der Waals surface area (Å²) in [6.07, 6.45) is -1.54. The average molecular weight is 146 g/mol. The van der Waals surface area contributed by atoms with Gasteiger partial charge in [0.25, 0.3) is 0 Å². The summed E-state index contributed by atoms with van der Waals surface area (Å²) >= 11 is 0. The van der Waals surface area contributed by atoms with Crippen molar-refractivity contribution in [1.82, 2.24) is 0 Å². The molecule has 1 atom stereocenters. The summed E-state index contributed by atoms with van der Waals surface area (Å²) in [5, 5.41) is 25.4. The average Bonchev–Trinajstić information content (AvgIpc) is 1.85. The Kier molecular flexibility index (Phi) is 3.68. The fourth-order valence-electron chi connectivity index (χ4n) is 0.415. The number of carboxylic acids is 1. The third-order valence-electron chi connectivity index (χ3n) is 1.04. The van der Waals surface area contributed by atoms with Crippen LogP contribution in [0.25, 0.3) is 0 Å². The van der Waals surface area contributed by atoms with Gasteiger partial charge in [-0.3, -0.25) is 4.79 Å². The molecule has 0 aromatic rings. The maximum atomic E-state index is 9.95. The zero-order chi connectivity index (χ0) is 8.15. The molecule has 0 bridgehead atoms. The highest BCUT2D eigenvalue weighted by molar-refractivity contribution is 5.67. The number of rotatable bonds is 4. The summed E-state index contributed by atoms with van der Waals surface area (Å²) in [6.45, 7) is 2.88. The van der Waals surface area contributed by atoms with Crippen molar-refractivity contribution >= 4 is 5.97 Å². The van der Waals surface area contributed by atoms with Gasteiger partial charge in [0.1, 0.15) is 0 Å². The van der Waals surface area contributed by atoms with Crippen LogP contribution in [0.5, 0.6) is 0 Å². The minimum Gasteiger partial charge on any atom is -0.481 e. The van der Waals surface area contributed by atoms with Gasteiger partial charge in [0.2, 0.25) is 0 Å². The summed E-state index contributed by atoms with van der Waals surface area (Å²) in [6, 6.07) is 0. The molecule has 58 valence electrons. The monoisotopic (exact) mass is 146 g/mol. The van der Waals surface area contributed by atoms with E-state index in [1.165, 1.54) is 0 Å². The molecule has 0 spiro atoms. The van der Waals surface area contributed by atoms with Crippen LogP contribution in [0.15, 0.2) is 12.2 Å². The molecule has 0 aromatic carbocycles. The van der Waals surface area contributed by atoms with E-state index in [0.29, 0.717) is 0 Å². The Bertz CT molecular complexity index is 141. The molecule has 3 N–H and O–H groups in total. The second-order valence-electron chi connectivity index (χ2n) is 1.93. The molecule has 0 radical (unpaired) electrons. The lowest BCUT2D eigenvalue weighted by Crippen LogP contribution is -2.16. The highest BCUT2D eigenvalue weighted by Crippen LogP contribution is 2.01. The minimum absolute atomic E-state index is 0.127. The van der Waals surface area contributed by atoms with E-state index in [2.05, 4.69) is 6.58 Å². The predicted molar refractivity (Wildman–Crippen MR) is 34.5 cm³/mol. The molecular weight excluding hydrogens is 136 g/mol. The van der Waals surface area contributed by atoms with Gasteiger partial charge >= 0.3 is 5.97 Å². The van der Waals surface area contributed by atoms with Gasteiger partial charge in [0, 0.05) is 0 Å². The van der Waals surface area contributed by atoms with Gasteiger partial charge in [-0.25, -0.2) is 0 Å². The maximum Gasteiger partial charge on any atom is 0.306 e. The minimum atomic E-state index is -1.14. The molecule has 0 heterocycles. The molecule has 0 fully saturated rings. The quantitative estimate of drug-likeness (QED) is 0.461. The largest absolute Gasteiger partial charge is 0.481 e. The van der Waals surface area contributed by atoms with Crippen molar-refractivity contribution < 1.29 is 20.1 Å². The summed E-state index contributed by atoms with van der Waals surface area (Å²) < 4.78 is 0. The second kappa shape index (κ2) is 4.03. The first-order valence-corrected chi connectivity index (χ1v) is 2.76. The SMILES string of the molecule is C=C(CO)C(O)CC(=O)O. The van der Waals surface area contributed by atoms with Crippen LogP contribution in [-0.2, 0) is 4.79 Å². The van der Waals surface area contributed by atoms with Crippen molar-refractivity contribution in [2.45, 2.75) is 12.5 Å². The Morgan fingerprint density at radius 3 is 2.40 bits per heavy atom. The zero-order valence-electron chi connectivity index (χ0n) is 5.45. The summed E-state index contributed by atoms with van der Waals surface area (Å²) in [7, 11) is 0. The predicted octanol–water partition coefficient (Wildman–Crippen LogP) is -0.629. The topological polar surface area (TPSA) is 77.8 Å². The van der Waals surface area contributed by atoms with Gasteiger partial charge in [-0.1, -0.05) is 6.58 Å². The molecule has 0 aliphatic heterocycles. The van der Waals surface area contributed by atoms with E-state index in [0.717, 1.165) is 0 Å². The molecule has 0 aliphatic carbocycles. The lowest BCUT2D eigenvalue weighted by molar-refractivity contribution is -0.138. The Balaban J connectivity index is 3.72. The van der Waals surface area contributed by atoms with E-state index in [1.54, 1.807) is 0 Å². The van der Waals surface area contributed by atoms with E-state index >= 15 is 0 Å². The van der Waals surface area contributed by atoms with Gasteiger partial charge in [-0.2, -0.15) is 0 Å². The zero-order valence-corrected chi connectivity index (χ0v) is 5.45. The second-order valence-corrected chi connectivity index (χ2v) is 1.93. The van der Waals surface area contributed by atoms with E-state index < -0.39 is 18.5 Å². The van der Waals surface area contributed by atoms with Crippen LogP contribution in [0.4, 0.5) is 0 Å².